The molecule has 196 valence electrons. The van der Waals surface area contributed by atoms with Crippen molar-refractivity contribution in [1.82, 2.24) is 9.80 Å². The van der Waals surface area contributed by atoms with Crippen LogP contribution in [0.3, 0.4) is 0 Å². The molecule has 0 aliphatic carbocycles. The molecule has 5 rings (SSSR count). The number of nitrogens with two attached hydrogens (primary N) is 1. The first kappa shape index (κ1) is 25.7. The molecule has 0 aromatic heterocycles. The summed E-state index contributed by atoms with van der Waals surface area (Å²) in [5, 5.41) is 15.1. The van der Waals surface area contributed by atoms with Gasteiger partial charge in [-0.15, -0.1) is 0 Å². The highest BCUT2D eigenvalue weighted by atomic mass is 16.4. The number of fused-ring (bicyclic) bond motifs is 1. The third kappa shape index (κ3) is 4.96. The lowest BCUT2D eigenvalue weighted by atomic mass is 9.83. The summed E-state index contributed by atoms with van der Waals surface area (Å²) in [7, 11) is 0. The standard InChI is InChI=1S/C31H28N4O4/c32-33-19-23-11-13-25-14-12-24(18-26(25)17-23)20-34-29(38)31(16-15-28(36)37,27-9-5-2-6-10-27)35(30(34)39)21-22-7-3-1-4-8-22/h1-14,17-19H,15-16,20-21,32H2,(H,36,37). The van der Waals surface area contributed by atoms with E-state index < -0.39 is 23.4 Å². The minimum atomic E-state index is -1.45. The first-order valence-electron chi connectivity index (χ1n) is 12.6. The van der Waals surface area contributed by atoms with Crippen LogP contribution >= 0.6 is 0 Å². The Hall–Kier alpha value is -4.98. The number of rotatable bonds is 9. The summed E-state index contributed by atoms with van der Waals surface area (Å²) in [6.45, 7) is 0.214. The van der Waals surface area contributed by atoms with Gasteiger partial charge in [0.1, 0.15) is 5.54 Å². The minimum absolute atomic E-state index is 0.0419. The SMILES string of the molecule is NN=Cc1ccc2ccc(CN3C(=O)N(Cc4ccccc4)C(CCC(=O)O)(c4ccccc4)C3=O)cc2c1. The molecule has 1 aliphatic rings. The van der Waals surface area contributed by atoms with Crippen LogP contribution in [0.15, 0.2) is 102 Å². The lowest BCUT2D eigenvalue weighted by Crippen LogP contribution is -2.47. The van der Waals surface area contributed by atoms with Gasteiger partial charge in [-0.25, -0.2) is 4.79 Å². The number of carbonyl (C=O) groups excluding carboxylic acids is 2. The Labute approximate surface area is 226 Å². The van der Waals surface area contributed by atoms with Crippen LogP contribution < -0.4 is 5.84 Å². The van der Waals surface area contributed by atoms with E-state index in [9.17, 15) is 19.5 Å². The molecule has 0 radical (unpaired) electrons. The molecule has 3 N–H and O–H groups in total. The van der Waals surface area contributed by atoms with E-state index in [-0.39, 0.29) is 25.9 Å². The Kier molecular flexibility index (Phi) is 7.10. The number of carboxylic acids is 1. The summed E-state index contributed by atoms with van der Waals surface area (Å²) >= 11 is 0. The van der Waals surface area contributed by atoms with Crippen molar-refractivity contribution in [2.24, 2.45) is 10.9 Å². The van der Waals surface area contributed by atoms with E-state index >= 15 is 0 Å². The maximum absolute atomic E-state index is 14.3. The zero-order chi connectivity index (χ0) is 27.4. The molecule has 8 heteroatoms. The molecule has 39 heavy (non-hydrogen) atoms. The fourth-order valence-corrected chi connectivity index (χ4v) is 5.27. The van der Waals surface area contributed by atoms with Gasteiger partial charge in [0, 0.05) is 13.0 Å². The van der Waals surface area contributed by atoms with Crippen molar-refractivity contribution in [2.75, 3.05) is 0 Å². The Bertz CT molecular complexity index is 1560. The fourth-order valence-electron chi connectivity index (χ4n) is 5.27. The molecule has 1 unspecified atom stereocenters. The third-order valence-electron chi connectivity index (χ3n) is 7.15. The molecule has 0 saturated carbocycles. The van der Waals surface area contributed by atoms with Crippen molar-refractivity contribution in [3.05, 3.63) is 119 Å². The van der Waals surface area contributed by atoms with E-state index in [2.05, 4.69) is 5.10 Å². The molecule has 1 fully saturated rings. The zero-order valence-corrected chi connectivity index (χ0v) is 21.2. The predicted octanol–water partition coefficient (Wildman–Crippen LogP) is 4.86. The van der Waals surface area contributed by atoms with Gasteiger partial charge < -0.3 is 15.8 Å². The number of urea groups is 1. The van der Waals surface area contributed by atoms with Gasteiger partial charge in [0.2, 0.25) is 0 Å². The predicted molar refractivity (Wildman–Crippen MR) is 149 cm³/mol. The van der Waals surface area contributed by atoms with Gasteiger partial charge in [-0.1, -0.05) is 84.9 Å². The van der Waals surface area contributed by atoms with Crippen molar-refractivity contribution in [2.45, 2.75) is 31.5 Å². The van der Waals surface area contributed by atoms with Crippen molar-refractivity contribution in [3.8, 4) is 0 Å². The molecule has 1 saturated heterocycles. The van der Waals surface area contributed by atoms with Crippen LogP contribution in [0, 0.1) is 0 Å². The second-order valence-corrected chi connectivity index (χ2v) is 9.58. The Morgan fingerprint density at radius 3 is 2.23 bits per heavy atom. The van der Waals surface area contributed by atoms with E-state index in [1.807, 2.05) is 72.8 Å². The molecule has 0 bridgehead atoms. The first-order valence-corrected chi connectivity index (χ1v) is 12.6. The van der Waals surface area contributed by atoms with Gasteiger partial charge in [-0.05, 0) is 51.6 Å². The summed E-state index contributed by atoms with van der Waals surface area (Å²) in [6.07, 6.45) is 1.24. The highest BCUT2D eigenvalue weighted by Crippen LogP contribution is 2.43. The number of nitrogens with zero attached hydrogens (tertiary/aromatic N) is 3. The van der Waals surface area contributed by atoms with Crippen LogP contribution in [0.2, 0.25) is 0 Å². The number of hydrazone groups is 1. The summed E-state index contributed by atoms with van der Waals surface area (Å²) in [5.74, 6) is 3.84. The smallest absolute Gasteiger partial charge is 0.328 e. The number of imide groups is 1. The van der Waals surface area contributed by atoms with E-state index in [0.717, 1.165) is 27.5 Å². The van der Waals surface area contributed by atoms with Gasteiger partial charge >= 0.3 is 12.0 Å². The molecule has 8 nitrogen and oxygen atoms in total. The quantitative estimate of drug-likeness (QED) is 0.142. The normalized spacial score (nSPS) is 17.4. The second kappa shape index (κ2) is 10.8. The molecular weight excluding hydrogens is 492 g/mol. The maximum atomic E-state index is 14.3. The van der Waals surface area contributed by atoms with Crippen molar-refractivity contribution < 1.29 is 19.5 Å². The minimum Gasteiger partial charge on any atom is -0.481 e. The lowest BCUT2D eigenvalue weighted by Gasteiger charge is -2.35. The first-order chi connectivity index (χ1) is 18.9. The Morgan fingerprint density at radius 1 is 0.846 bits per heavy atom. The van der Waals surface area contributed by atoms with Crippen LogP contribution in [-0.4, -0.2) is 39.0 Å². The average molecular weight is 521 g/mol. The van der Waals surface area contributed by atoms with Gasteiger partial charge in [-0.3, -0.25) is 14.5 Å². The fraction of sp³-hybridized carbons (Fsp3) is 0.161. The van der Waals surface area contributed by atoms with Gasteiger partial charge in [0.05, 0.1) is 12.8 Å². The number of amides is 3. The van der Waals surface area contributed by atoms with Crippen LogP contribution in [0.5, 0.6) is 0 Å². The zero-order valence-electron chi connectivity index (χ0n) is 21.2. The lowest BCUT2D eigenvalue weighted by molar-refractivity contribution is -0.139. The molecule has 0 spiro atoms. The van der Waals surface area contributed by atoms with Gasteiger partial charge in [-0.2, -0.15) is 5.10 Å². The van der Waals surface area contributed by atoms with Crippen molar-refractivity contribution in [1.29, 1.82) is 0 Å². The number of hydrogen-bond acceptors (Lipinski definition) is 5. The molecular formula is C31H28N4O4. The molecule has 1 aliphatic heterocycles. The monoisotopic (exact) mass is 520 g/mol. The van der Waals surface area contributed by atoms with Gasteiger partial charge in [0.15, 0.2) is 0 Å². The summed E-state index contributed by atoms with van der Waals surface area (Å²) in [5.41, 5.74) is 1.59. The molecule has 1 heterocycles. The summed E-state index contributed by atoms with van der Waals surface area (Å²) in [6, 6.07) is 29.5. The highest BCUT2D eigenvalue weighted by Gasteiger charge is 2.58. The molecule has 1 atom stereocenters. The molecule has 4 aromatic rings. The van der Waals surface area contributed by atoms with Crippen LogP contribution in [-0.2, 0) is 28.2 Å². The molecule has 3 amide bonds. The average Bonchev–Trinajstić information content (AvgIpc) is 3.14. The van der Waals surface area contributed by atoms with E-state index in [0.29, 0.717) is 5.56 Å². The highest BCUT2D eigenvalue weighted by molar-refractivity contribution is 6.07. The van der Waals surface area contributed by atoms with Crippen molar-refractivity contribution in [3.63, 3.8) is 0 Å². The van der Waals surface area contributed by atoms with Crippen LogP contribution in [0.1, 0.15) is 35.1 Å². The van der Waals surface area contributed by atoms with Crippen molar-refractivity contribution >= 4 is 34.9 Å². The van der Waals surface area contributed by atoms with Gasteiger partial charge in [0.25, 0.3) is 5.91 Å². The number of hydrogen-bond donors (Lipinski definition) is 2. The Morgan fingerprint density at radius 2 is 1.54 bits per heavy atom. The van der Waals surface area contributed by atoms with E-state index in [1.165, 1.54) is 9.80 Å². The van der Waals surface area contributed by atoms with E-state index in [1.54, 1.807) is 30.5 Å². The summed E-state index contributed by atoms with van der Waals surface area (Å²) in [4.78, 5) is 42.8. The number of aliphatic carboxylic acids is 1. The van der Waals surface area contributed by atoms with Crippen LogP contribution in [0.4, 0.5) is 4.79 Å². The van der Waals surface area contributed by atoms with E-state index in [4.69, 9.17) is 5.84 Å². The second-order valence-electron chi connectivity index (χ2n) is 9.58. The largest absolute Gasteiger partial charge is 0.481 e. The molecule has 4 aromatic carbocycles. The topological polar surface area (TPSA) is 116 Å². The number of carboxylic acid groups (broad SMARTS) is 1. The summed E-state index contributed by atoms with van der Waals surface area (Å²) < 4.78 is 0. The van der Waals surface area contributed by atoms with Crippen LogP contribution in [0.25, 0.3) is 10.8 Å². The third-order valence-corrected chi connectivity index (χ3v) is 7.15. The maximum Gasteiger partial charge on any atom is 0.328 e. The number of benzene rings is 4. The Balaban J connectivity index is 1.58. The number of carbonyl (C=O) groups is 3.